The molecule has 1 fully saturated rings. The van der Waals surface area contributed by atoms with Crippen molar-refractivity contribution in [3.8, 4) is 11.5 Å². The number of ether oxygens (including phenoxy) is 1. The molecule has 3 rings (SSSR count). The minimum absolute atomic E-state index is 0.108. The van der Waals surface area contributed by atoms with Gasteiger partial charge in [0.15, 0.2) is 0 Å². The van der Waals surface area contributed by atoms with E-state index < -0.39 is 11.9 Å². The maximum absolute atomic E-state index is 13.0. The first-order chi connectivity index (χ1) is 13.0. The van der Waals surface area contributed by atoms with Gasteiger partial charge in [-0.05, 0) is 30.3 Å². The number of carbonyl (C=O) groups is 3. The first-order valence-corrected chi connectivity index (χ1v) is 8.64. The number of para-hydroxylation sites is 1. The van der Waals surface area contributed by atoms with Crippen molar-refractivity contribution in [2.75, 3.05) is 19.6 Å². The van der Waals surface area contributed by atoms with E-state index in [1.165, 1.54) is 16.7 Å². The van der Waals surface area contributed by atoms with Crippen molar-refractivity contribution in [3.63, 3.8) is 0 Å². The van der Waals surface area contributed by atoms with E-state index >= 15 is 0 Å². The van der Waals surface area contributed by atoms with Gasteiger partial charge < -0.3 is 20.3 Å². The largest absolute Gasteiger partial charge is 0.457 e. The summed E-state index contributed by atoms with van der Waals surface area (Å²) in [7, 11) is 0. The Morgan fingerprint density at radius 1 is 1.00 bits per heavy atom. The zero-order valence-corrected chi connectivity index (χ0v) is 15.0. The molecule has 2 aromatic carbocycles. The molecule has 0 aromatic heterocycles. The summed E-state index contributed by atoms with van der Waals surface area (Å²) in [5.74, 6) is 0.0790. The van der Waals surface area contributed by atoms with Crippen LogP contribution in [0.1, 0.15) is 17.3 Å². The summed E-state index contributed by atoms with van der Waals surface area (Å²) in [5, 5.41) is 0. The van der Waals surface area contributed by atoms with Crippen LogP contribution in [-0.4, -0.2) is 53.2 Å². The van der Waals surface area contributed by atoms with Crippen molar-refractivity contribution >= 4 is 17.7 Å². The van der Waals surface area contributed by atoms with Gasteiger partial charge in [0, 0.05) is 25.6 Å². The highest BCUT2D eigenvalue weighted by atomic mass is 16.5. The Hall–Kier alpha value is -3.35. The van der Waals surface area contributed by atoms with Gasteiger partial charge in [0.25, 0.3) is 5.91 Å². The van der Waals surface area contributed by atoms with Crippen molar-refractivity contribution in [1.29, 1.82) is 0 Å². The Balaban J connectivity index is 1.79. The zero-order chi connectivity index (χ0) is 19.4. The number of carbonyl (C=O) groups excluding carboxylic acids is 3. The van der Waals surface area contributed by atoms with Crippen molar-refractivity contribution in [1.82, 2.24) is 9.80 Å². The highest BCUT2D eigenvalue weighted by Gasteiger charge is 2.35. The van der Waals surface area contributed by atoms with Crippen LogP contribution in [0.5, 0.6) is 11.5 Å². The topological polar surface area (TPSA) is 92.9 Å². The first kappa shape index (κ1) is 18.4. The smallest absolute Gasteiger partial charge is 0.254 e. The molecule has 0 saturated carbocycles. The summed E-state index contributed by atoms with van der Waals surface area (Å²) >= 11 is 0. The number of rotatable bonds is 4. The number of nitrogens with two attached hydrogens (primary N) is 1. The molecule has 0 bridgehead atoms. The molecule has 1 atom stereocenters. The molecule has 0 radical (unpaired) electrons. The molecule has 27 heavy (non-hydrogen) atoms. The number of piperazine rings is 1. The normalized spacial score (nSPS) is 16.7. The Morgan fingerprint density at radius 3 is 2.37 bits per heavy atom. The lowest BCUT2D eigenvalue weighted by atomic mass is 10.1. The minimum atomic E-state index is -0.853. The van der Waals surface area contributed by atoms with Crippen LogP contribution in [0.4, 0.5) is 0 Å². The lowest BCUT2D eigenvalue weighted by Gasteiger charge is -2.39. The van der Waals surface area contributed by atoms with E-state index in [1.807, 2.05) is 30.3 Å². The zero-order valence-electron chi connectivity index (χ0n) is 15.0. The Bertz CT molecular complexity index is 853. The highest BCUT2D eigenvalue weighted by Crippen LogP contribution is 2.23. The molecule has 140 valence electrons. The summed E-state index contributed by atoms with van der Waals surface area (Å²) < 4.78 is 5.76. The van der Waals surface area contributed by atoms with E-state index in [-0.39, 0.29) is 24.9 Å². The van der Waals surface area contributed by atoms with Gasteiger partial charge in [0.2, 0.25) is 11.8 Å². The molecule has 0 aliphatic carbocycles. The summed E-state index contributed by atoms with van der Waals surface area (Å²) in [6.07, 6.45) is 0. The monoisotopic (exact) mass is 367 g/mol. The number of primary amides is 1. The van der Waals surface area contributed by atoms with Crippen LogP contribution in [0, 0.1) is 0 Å². The van der Waals surface area contributed by atoms with Crippen LogP contribution in [0.2, 0.25) is 0 Å². The molecule has 0 unspecified atom stereocenters. The second kappa shape index (κ2) is 7.90. The van der Waals surface area contributed by atoms with Gasteiger partial charge in [-0.25, -0.2) is 0 Å². The van der Waals surface area contributed by atoms with E-state index in [0.717, 1.165) is 0 Å². The minimum Gasteiger partial charge on any atom is -0.457 e. The SMILES string of the molecule is CC(=O)N1CCN(C(=O)c2cccc(Oc3ccccc3)c2)[C@H](C(N)=O)C1. The molecule has 0 spiro atoms. The molecule has 7 nitrogen and oxygen atoms in total. The predicted octanol–water partition coefficient (Wildman–Crippen LogP) is 1.64. The number of benzene rings is 2. The van der Waals surface area contributed by atoms with Crippen LogP contribution >= 0.6 is 0 Å². The van der Waals surface area contributed by atoms with Gasteiger partial charge in [-0.2, -0.15) is 0 Å². The Morgan fingerprint density at radius 2 is 1.70 bits per heavy atom. The Labute approximate surface area is 157 Å². The molecular formula is C20H21N3O4. The lowest BCUT2D eigenvalue weighted by molar-refractivity contribution is -0.134. The maximum atomic E-state index is 13.0. The predicted molar refractivity (Wildman–Crippen MR) is 99.2 cm³/mol. The van der Waals surface area contributed by atoms with Gasteiger partial charge >= 0.3 is 0 Å². The number of nitrogens with zero attached hydrogens (tertiary/aromatic N) is 2. The summed E-state index contributed by atoms with van der Waals surface area (Å²) in [6, 6.07) is 15.1. The molecule has 1 aliphatic heterocycles. The summed E-state index contributed by atoms with van der Waals surface area (Å²) in [5.41, 5.74) is 5.87. The van der Waals surface area contributed by atoms with Crippen molar-refractivity contribution in [2.24, 2.45) is 5.73 Å². The Kier molecular flexibility index (Phi) is 5.40. The lowest BCUT2D eigenvalue weighted by Crippen LogP contribution is -2.60. The van der Waals surface area contributed by atoms with Gasteiger partial charge in [-0.3, -0.25) is 14.4 Å². The van der Waals surface area contributed by atoms with Crippen molar-refractivity contribution < 1.29 is 19.1 Å². The van der Waals surface area contributed by atoms with Crippen LogP contribution in [0.3, 0.4) is 0 Å². The van der Waals surface area contributed by atoms with Crippen LogP contribution in [0.25, 0.3) is 0 Å². The standard InChI is InChI=1S/C20H21N3O4/c1-14(24)22-10-11-23(18(13-22)19(21)25)20(26)15-6-5-9-17(12-15)27-16-7-3-2-4-8-16/h2-9,12,18H,10-11,13H2,1H3,(H2,21,25)/t18-/m0/s1. The fourth-order valence-corrected chi connectivity index (χ4v) is 3.04. The van der Waals surface area contributed by atoms with Crippen molar-refractivity contribution in [3.05, 3.63) is 60.2 Å². The van der Waals surface area contributed by atoms with Gasteiger partial charge in [0.05, 0.1) is 6.54 Å². The van der Waals surface area contributed by atoms with Crippen LogP contribution in [0.15, 0.2) is 54.6 Å². The third kappa shape index (κ3) is 4.25. The third-order valence-electron chi connectivity index (χ3n) is 4.47. The van der Waals surface area contributed by atoms with Gasteiger partial charge in [-0.15, -0.1) is 0 Å². The molecule has 1 heterocycles. The summed E-state index contributed by atoms with van der Waals surface area (Å²) in [4.78, 5) is 39.3. The maximum Gasteiger partial charge on any atom is 0.254 e. The van der Waals surface area contributed by atoms with E-state index in [9.17, 15) is 14.4 Å². The van der Waals surface area contributed by atoms with Crippen LogP contribution < -0.4 is 10.5 Å². The molecule has 3 amide bonds. The highest BCUT2D eigenvalue weighted by molar-refractivity contribution is 5.98. The van der Waals surface area contributed by atoms with Gasteiger partial charge in [0.1, 0.15) is 17.5 Å². The van der Waals surface area contributed by atoms with Crippen LogP contribution in [-0.2, 0) is 9.59 Å². The number of amides is 3. The second-order valence-electron chi connectivity index (χ2n) is 6.32. The van der Waals surface area contributed by atoms with E-state index in [4.69, 9.17) is 10.5 Å². The molecule has 7 heteroatoms. The number of hydrogen-bond donors (Lipinski definition) is 1. The quantitative estimate of drug-likeness (QED) is 0.889. The second-order valence-corrected chi connectivity index (χ2v) is 6.32. The third-order valence-corrected chi connectivity index (χ3v) is 4.47. The number of hydrogen-bond acceptors (Lipinski definition) is 4. The molecular weight excluding hydrogens is 346 g/mol. The van der Waals surface area contributed by atoms with E-state index in [2.05, 4.69) is 0 Å². The summed E-state index contributed by atoms with van der Waals surface area (Å²) in [6.45, 7) is 2.15. The van der Waals surface area contributed by atoms with Crippen molar-refractivity contribution in [2.45, 2.75) is 13.0 Å². The molecule has 2 N–H and O–H groups in total. The molecule has 2 aromatic rings. The van der Waals surface area contributed by atoms with E-state index in [0.29, 0.717) is 23.6 Å². The van der Waals surface area contributed by atoms with Gasteiger partial charge in [-0.1, -0.05) is 24.3 Å². The molecule has 1 saturated heterocycles. The average molecular weight is 367 g/mol. The van der Waals surface area contributed by atoms with E-state index in [1.54, 1.807) is 24.3 Å². The molecule has 1 aliphatic rings. The average Bonchev–Trinajstić information content (AvgIpc) is 2.68. The fraction of sp³-hybridized carbons (Fsp3) is 0.250. The fourth-order valence-electron chi connectivity index (χ4n) is 3.04. The first-order valence-electron chi connectivity index (χ1n) is 8.64.